The summed E-state index contributed by atoms with van der Waals surface area (Å²) in [7, 11) is 0. The van der Waals surface area contributed by atoms with E-state index in [1.807, 2.05) is 6.07 Å². The Labute approximate surface area is 102 Å². The Balaban J connectivity index is 1.72. The van der Waals surface area contributed by atoms with Crippen molar-refractivity contribution in [3.63, 3.8) is 0 Å². The average Bonchev–Trinajstić information content (AvgIpc) is 3.11. The minimum Gasteiger partial charge on any atom is -0.307 e. The molecule has 2 heterocycles. The van der Waals surface area contributed by atoms with Gasteiger partial charge in [0.05, 0.1) is 4.92 Å². The number of hydrogen-bond acceptors (Lipinski definition) is 6. The molecule has 2 aromatic rings. The molecule has 92 valence electrons. The van der Waals surface area contributed by atoms with E-state index in [-0.39, 0.29) is 11.6 Å². The first-order chi connectivity index (χ1) is 8.72. The van der Waals surface area contributed by atoms with Crippen LogP contribution in [-0.4, -0.2) is 25.1 Å². The Hall–Kier alpha value is -2.51. The molecule has 0 radical (unpaired) electrons. The summed E-state index contributed by atoms with van der Waals surface area (Å²) in [4.78, 5) is 17.6. The van der Waals surface area contributed by atoms with Crippen LogP contribution >= 0.6 is 0 Å². The van der Waals surface area contributed by atoms with E-state index in [2.05, 4.69) is 25.5 Å². The van der Waals surface area contributed by atoms with Crippen LogP contribution in [0.5, 0.6) is 0 Å². The van der Waals surface area contributed by atoms with Crippen molar-refractivity contribution in [3.05, 3.63) is 34.3 Å². The first-order valence-electron chi connectivity index (χ1n) is 5.51. The standard InChI is InChI=1S/C10H10N6O2/c17-16(18)7-4-11-10(12-5-7)13-9-3-8(14-15-9)6-1-2-6/h3-6H,1-2H2,(H2,11,12,13,14,15). The maximum absolute atomic E-state index is 10.4. The molecule has 3 rings (SSSR count). The molecule has 8 nitrogen and oxygen atoms in total. The number of aromatic amines is 1. The quantitative estimate of drug-likeness (QED) is 0.628. The van der Waals surface area contributed by atoms with Crippen molar-refractivity contribution in [3.8, 4) is 0 Å². The summed E-state index contributed by atoms with van der Waals surface area (Å²) in [5.74, 6) is 1.49. The van der Waals surface area contributed by atoms with Crippen LogP contribution in [-0.2, 0) is 0 Å². The predicted octanol–water partition coefficient (Wildman–Crippen LogP) is 1.73. The molecule has 8 heteroatoms. The highest BCUT2D eigenvalue weighted by atomic mass is 16.6. The van der Waals surface area contributed by atoms with Crippen LogP contribution in [0.1, 0.15) is 24.5 Å². The fourth-order valence-electron chi connectivity index (χ4n) is 1.60. The van der Waals surface area contributed by atoms with Crippen LogP contribution in [0.15, 0.2) is 18.5 Å². The molecule has 1 fully saturated rings. The summed E-state index contributed by atoms with van der Waals surface area (Å²) >= 11 is 0. The lowest BCUT2D eigenvalue weighted by Gasteiger charge is -1.98. The van der Waals surface area contributed by atoms with Gasteiger partial charge in [-0.2, -0.15) is 5.10 Å². The number of hydrogen-bond donors (Lipinski definition) is 2. The van der Waals surface area contributed by atoms with E-state index in [1.54, 1.807) is 0 Å². The second-order valence-corrected chi connectivity index (χ2v) is 4.13. The molecule has 0 unspecified atom stereocenters. The maximum Gasteiger partial charge on any atom is 0.305 e. The third-order valence-corrected chi connectivity index (χ3v) is 2.70. The molecule has 18 heavy (non-hydrogen) atoms. The molecule has 2 aromatic heterocycles. The van der Waals surface area contributed by atoms with Crippen molar-refractivity contribution in [2.75, 3.05) is 5.32 Å². The van der Waals surface area contributed by atoms with Crippen molar-refractivity contribution in [2.24, 2.45) is 0 Å². The lowest BCUT2D eigenvalue weighted by molar-refractivity contribution is -0.385. The topological polar surface area (TPSA) is 110 Å². The molecule has 0 spiro atoms. The van der Waals surface area contributed by atoms with Gasteiger partial charge in [0.25, 0.3) is 0 Å². The Kier molecular flexibility index (Phi) is 2.40. The number of nitrogens with one attached hydrogen (secondary N) is 2. The monoisotopic (exact) mass is 246 g/mol. The molecule has 0 aliphatic heterocycles. The van der Waals surface area contributed by atoms with Crippen molar-refractivity contribution in [1.29, 1.82) is 0 Å². The third kappa shape index (κ3) is 2.12. The highest BCUT2D eigenvalue weighted by molar-refractivity contribution is 5.49. The number of nitrogens with zero attached hydrogens (tertiary/aromatic N) is 4. The van der Waals surface area contributed by atoms with Gasteiger partial charge in [0.15, 0.2) is 5.82 Å². The Morgan fingerprint density at radius 1 is 1.39 bits per heavy atom. The highest BCUT2D eigenvalue weighted by Gasteiger charge is 2.25. The molecule has 2 N–H and O–H groups in total. The summed E-state index contributed by atoms with van der Waals surface area (Å²) in [6.45, 7) is 0. The van der Waals surface area contributed by atoms with Gasteiger partial charge < -0.3 is 5.32 Å². The smallest absolute Gasteiger partial charge is 0.305 e. The number of rotatable bonds is 4. The van der Waals surface area contributed by atoms with Crippen LogP contribution < -0.4 is 5.32 Å². The molecule has 1 aliphatic rings. The van der Waals surface area contributed by atoms with Gasteiger partial charge in [0.1, 0.15) is 12.4 Å². The van der Waals surface area contributed by atoms with Crippen LogP contribution in [0.4, 0.5) is 17.5 Å². The zero-order chi connectivity index (χ0) is 12.5. The maximum atomic E-state index is 10.4. The van der Waals surface area contributed by atoms with E-state index in [0.29, 0.717) is 11.7 Å². The molecule has 0 bridgehead atoms. The van der Waals surface area contributed by atoms with Crippen LogP contribution in [0.3, 0.4) is 0 Å². The van der Waals surface area contributed by atoms with Crippen LogP contribution in [0.2, 0.25) is 0 Å². The number of aromatic nitrogens is 4. The summed E-state index contributed by atoms with van der Waals surface area (Å²) in [6.07, 6.45) is 4.69. The highest BCUT2D eigenvalue weighted by Crippen LogP contribution is 2.39. The fourth-order valence-corrected chi connectivity index (χ4v) is 1.60. The zero-order valence-electron chi connectivity index (χ0n) is 9.33. The van der Waals surface area contributed by atoms with Gasteiger partial charge in [-0.3, -0.25) is 15.2 Å². The van der Waals surface area contributed by atoms with Gasteiger partial charge in [-0.05, 0) is 12.8 Å². The lowest BCUT2D eigenvalue weighted by atomic mass is 10.3. The van der Waals surface area contributed by atoms with Gasteiger partial charge in [0, 0.05) is 17.7 Å². The molecule has 0 saturated heterocycles. The first kappa shape index (κ1) is 10.6. The summed E-state index contributed by atoms with van der Waals surface area (Å²) in [5.41, 5.74) is 0.959. The van der Waals surface area contributed by atoms with E-state index in [9.17, 15) is 10.1 Å². The van der Waals surface area contributed by atoms with Gasteiger partial charge in [-0.15, -0.1) is 0 Å². The normalized spacial score (nSPS) is 14.4. The van der Waals surface area contributed by atoms with Crippen LogP contribution in [0.25, 0.3) is 0 Å². The lowest BCUT2D eigenvalue weighted by Crippen LogP contribution is -1.98. The van der Waals surface area contributed by atoms with Crippen LogP contribution in [0, 0.1) is 10.1 Å². The summed E-state index contributed by atoms with van der Waals surface area (Å²) in [6, 6.07) is 1.91. The Morgan fingerprint density at radius 3 is 2.72 bits per heavy atom. The van der Waals surface area contributed by atoms with E-state index in [4.69, 9.17) is 0 Å². The van der Waals surface area contributed by atoms with Crippen molar-refractivity contribution >= 4 is 17.5 Å². The minimum atomic E-state index is -0.538. The minimum absolute atomic E-state index is 0.138. The third-order valence-electron chi connectivity index (χ3n) is 2.70. The number of anilines is 2. The van der Waals surface area contributed by atoms with Crippen molar-refractivity contribution in [2.45, 2.75) is 18.8 Å². The van der Waals surface area contributed by atoms with Gasteiger partial charge in [-0.1, -0.05) is 0 Å². The first-order valence-corrected chi connectivity index (χ1v) is 5.51. The molecule has 1 saturated carbocycles. The summed E-state index contributed by atoms with van der Waals surface area (Å²) < 4.78 is 0. The molecule has 0 amide bonds. The number of H-pyrrole nitrogens is 1. The van der Waals surface area contributed by atoms with E-state index in [1.165, 1.54) is 12.8 Å². The molecule has 0 atom stereocenters. The van der Waals surface area contributed by atoms with Crippen molar-refractivity contribution in [1.82, 2.24) is 20.2 Å². The second-order valence-electron chi connectivity index (χ2n) is 4.13. The largest absolute Gasteiger partial charge is 0.307 e. The molecular weight excluding hydrogens is 236 g/mol. The SMILES string of the molecule is O=[N+]([O-])c1cnc(Nc2cc(C3CC3)[nH]n2)nc1. The Bertz CT molecular complexity index is 574. The predicted molar refractivity (Wildman–Crippen MR) is 62.5 cm³/mol. The average molecular weight is 246 g/mol. The van der Waals surface area contributed by atoms with Gasteiger partial charge >= 0.3 is 5.69 Å². The van der Waals surface area contributed by atoms with Gasteiger partial charge in [0.2, 0.25) is 5.95 Å². The van der Waals surface area contributed by atoms with E-state index < -0.39 is 4.92 Å². The molecular formula is C10H10N6O2. The summed E-state index contributed by atoms with van der Waals surface area (Å²) in [5, 5.41) is 20.4. The number of nitro groups is 1. The van der Waals surface area contributed by atoms with Gasteiger partial charge in [-0.25, -0.2) is 9.97 Å². The van der Waals surface area contributed by atoms with Crippen molar-refractivity contribution < 1.29 is 4.92 Å². The van der Waals surface area contributed by atoms with E-state index >= 15 is 0 Å². The Morgan fingerprint density at radius 2 is 2.11 bits per heavy atom. The molecule has 0 aromatic carbocycles. The fraction of sp³-hybridized carbons (Fsp3) is 0.300. The molecule has 1 aliphatic carbocycles. The van der Waals surface area contributed by atoms with E-state index in [0.717, 1.165) is 18.1 Å². The zero-order valence-corrected chi connectivity index (χ0v) is 9.33. The second kappa shape index (κ2) is 4.06.